The highest BCUT2D eigenvalue weighted by Crippen LogP contribution is 2.25. The first-order chi connectivity index (χ1) is 12.7. The van der Waals surface area contributed by atoms with E-state index in [9.17, 15) is 4.79 Å². The van der Waals surface area contributed by atoms with E-state index in [-0.39, 0.29) is 12.0 Å². The first-order valence-corrected chi connectivity index (χ1v) is 9.63. The van der Waals surface area contributed by atoms with Gasteiger partial charge in [0.25, 0.3) is 0 Å². The van der Waals surface area contributed by atoms with Crippen LogP contribution in [0.4, 0.5) is 5.13 Å². The van der Waals surface area contributed by atoms with Crippen molar-refractivity contribution in [2.24, 2.45) is 0 Å². The van der Waals surface area contributed by atoms with Crippen molar-refractivity contribution in [3.05, 3.63) is 54.1 Å². The molecule has 2 aromatic carbocycles. The molecule has 4 rings (SSSR count). The summed E-state index contributed by atoms with van der Waals surface area (Å²) in [5, 5.41) is 0.559. The number of carbonyl (C=O) groups excluding carboxylic acids is 1. The van der Waals surface area contributed by atoms with Crippen LogP contribution in [0.5, 0.6) is 5.75 Å². The van der Waals surface area contributed by atoms with E-state index in [4.69, 9.17) is 10.5 Å². The van der Waals surface area contributed by atoms with Gasteiger partial charge in [-0.3, -0.25) is 4.79 Å². The minimum Gasteiger partial charge on any atom is -0.490 e. The molecule has 3 aromatic rings. The fourth-order valence-electron chi connectivity index (χ4n) is 3.30. The summed E-state index contributed by atoms with van der Waals surface area (Å²) in [5.41, 5.74) is 7.65. The topological polar surface area (TPSA) is 68.5 Å². The van der Waals surface area contributed by atoms with Gasteiger partial charge in [0.1, 0.15) is 11.9 Å². The number of benzene rings is 2. The van der Waals surface area contributed by atoms with E-state index in [0.29, 0.717) is 11.6 Å². The number of fused-ring (bicyclic) bond motifs is 1. The molecule has 2 heterocycles. The third-order valence-electron chi connectivity index (χ3n) is 4.67. The number of hydrogen-bond donors (Lipinski definition) is 1. The molecule has 6 heteroatoms. The number of para-hydroxylation sites is 1. The van der Waals surface area contributed by atoms with Crippen LogP contribution in [0.3, 0.4) is 0 Å². The summed E-state index contributed by atoms with van der Waals surface area (Å²) in [6.07, 6.45) is 2.33. The normalized spacial score (nSPS) is 15.3. The van der Waals surface area contributed by atoms with Crippen LogP contribution in [0.15, 0.2) is 48.5 Å². The highest BCUT2D eigenvalue weighted by molar-refractivity contribution is 7.22. The number of amides is 1. The van der Waals surface area contributed by atoms with Gasteiger partial charge in [-0.2, -0.15) is 0 Å². The van der Waals surface area contributed by atoms with Crippen molar-refractivity contribution in [1.82, 2.24) is 9.88 Å². The summed E-state index contributed by atoms with van der Waals surface area (Å²) in [7, 11) is 0. The van der Waals surface area contributed by atoms with E-state index in [0.717, 1.165) is 47.5 Å². The second-order valence-electron chi connectivity index (χ2n) is 6.54. The number of thiazole rings is 1. The molecule has 134 valence electrons. The Bertz CT molecular complexity index is 902. The lowest BCUT2D eigenvalue weighted by Gasteiger charge is -2.32. The molecule has 1 fully saturated rings. The molecule has 1 aliphatic heterocycles. The molecule has 1 amide bonds. The number of piperidine rings is 1. The van der Waals surface area contributed by atoms with E-state index < -0.39 is 0 Å². The first-order valence-electron chi connectivity index (χ1n) is 8.82. The molecule has 2 N–H and O–H groups in total. The number of hydrogen-bond acceptors (Lipinski definition) is 5. The van der Waals surface area contributed by atoms with Gasteiger partial charge in [0.05, 0.1) is 16.6 Å². The third kappa shape index (κ3) is 3.80. The molecule has 1 saturated heterocycles. The first kappa shape index (κ1) is 16.8. The molecule has 1 aliphatic rings. The lowest BCUT2D eigenvalue weighted by atomic mass is 10.1. The number of nitrogens with zero attached hydrogens (tertiary/aromatic N) is 2. The summed E-state index contributed by atoms with van der Waals surface area (Å²) in [6.45, 7) is 1.48. The average Bonchev–Trinajstić information content (AvgIpc) is 3.02. The van der Waals surface area contributed by atoms with Crippen LogP contribution in [0.25, 0.3) is 10.2 Å². The molecule has 1 aromatic heterocycles. The Kier molecular flexibility index (Phi) is 4.75. The number of likely N-dealkylation sites (tertiary alicyclic amines) is 1. The maximum atomic E-state index is 12.6. The molecular weight excluding hydrogens is 346 g/mol. The van der Waals surface area contributed by atoms with Gasteiger partial charge < -0.3 is 15.4 Å². The van der Waals surface area contributed by atoms with Crippen LogP contribution < -0.4 is 10.5 Å². The van der Waals surface area contributed by atoms with Crippen LogP contribution in [0, 0.1) is 0 Å². The average molecular weight is 367 g/mol. The summed E-state index contributed by atoms with van der Waals surface area (Å²) < 4.78 is 7.03. The third-order valence-corrected chi connectivity index (χ3v) is 5.51. The lowest BCUT2D eigenvalue weighted by molar-refractivity contribution is -0.132. The minimum atomic E-state index is 0.167. The van der Waals surface area contributed by atoms with E-state index in [1.54, 1.807) is 0 Å². The van der Waals surface area contributed by atoms with Crippen LogP contribution in [0.1, 0.15) is 18.4 Å². The van der Waals surface area contributed by atoms with Gasteiger partial charge in [0, 0.05) is 25.9 Å². The predicted molar refractivity (Wildman–Crippen MR) is 104 cm³/mol. The van der Waals surface area contributed by atoms with Crippen LogP contribution >= 0.6 is 11.3 Å². The van der Waals surface area contributed by atoms with Crippen molar-refractivity contribution in [3.63, 3.8) is 0 Å². The summed E-state index contributed by atoms with van der Waals surface area (Å²) in [5.74, 6) is 1.06. The molecule has 0 bridgehead atoms. The number of carbonyl (C=O) groups is 1. The number of anilines is 1. The minimum absolute atomic E-state index is 0.167. The van der Waals surface area contributed by atoms with E-state index in [1.807, 2.05) is 53.4 Å². The molecule has 0 spiro atoms. The van der Waals surface area contributed by atoms with Gasteiger partial charge in [-0.25, -0.2) is 4.98 Å². The Balaban J connectivity index is 1.32. The van der Waals surface area contributed by atoms with Gasteiger partial charge >= 0.3 is 0 Å². The molecule has 0 unspecified atom stereocenters. The van der Waals surface area contributed by atoms with E-state index in [2.05, 4.69) is 4.98 Å². The van der Waals surface area contributed by atoms with Crippen molar-refractivity contribution < 1.29 is 9.53 Å². The molecule has 0 radical (unpaired) electrons. The highest BCUT2D eigenvalue weighted by atomic mass is 32.1. The van der Waals surface area contributed by atoms with Crippen LogP contribution in [0.2, 0.25) is 0 Å². The van der Waals surface area contributed by atoms with Gasteiger partial charge in [-0.05, 0) is 29.8 Å². The molecule has 0 aliphatic carbocycles. The zero-order chi connectivity index (χ0) is 17.9. The fraction of sp³-hybridized carbons (Fsp3) is 0.300. The number of nitrogens with two attached hydrogens (primary N) is 1. The van der Waals surface area contributed by atoms with Gasteiger partial charge in [-0.15, -0.1) is 0 Å². The Morgan fingerprint density at radius 3 is 2.73 bits per heavy atom. The summed E-state index contributed by atoms with van der Waals surface area (Å²) in [4.78, 5) is 18.8. The second kappa shape index (κ2) is 7.33. The van der Waals surface area contributed by atoms with Crippen molar-refractivity contribution in [2.45, 2.75) is 25.4 Å². The molecule has 5 nitrogen and oxygen atoms in total. The maximum Gasteiger partial charge on any atom is 0.226 e. The quantitative estimate of drug-likeness (QED) is 0.766. The second-order valence-corrected chi connectivity index (χ2v) is 7.60. The largest absolute Gasteiger partial charge is 0.490 e. The lowest BCUT2D eigenvalue weighted by Crippen LogP contribution is -2.42. The highest BCUT2D eigenvalue weighted by Gasteiger charge is 2.24. The fourth-order valence-corrected chi connectivity index (χ4v) is 4.10. The number of aromatic nitrogens is 1. The van der Waals surface area contributed by atoms with E-state index >= 15 is 0 Å². The zero-order valence-corrected chi connectivity index (χ0v) is 15.2. The number of rotatable bonds is 4. The SMILES string of the molecule is Nc1nc2ccc(CC(=O)N3CCC(Oc4ccccc4)CC3)cc2s1. The monoisotopic (exact) mass is 367 g/mol. The van der Waals surface area contributed by atoms with E-state index in [1.165, 1.54) is 11.3 Å². The molecular formula is C20H21N3O2S. The van der Waals surface area contributed by atoms with Gasteiger partial charge in [0.2, 0.25) is 5.91 Å². The van der Waals surface area contributed by atoms with Crippen molar-refractivity contribution >= 4 is 32.6 Å². The standard InChI is InChI=1S/C20H21N3O2S/c21-20-22-17-7-6-14(12-18(17)26-20)13-19(24)23-10-8-16(9-11-23)25-15-4-2-1-3-5-15/h1-7,12,16H,8-11,13H2,(H2,21,22). The molecule has 0 saturated carbocycles. The molecule has 0 atom stereocenters. The summed E-state index contributed by atoms with van der Waals surface area (Å²) in [6, 6.07) is 15.8. The zero-order valence-electron chi connectivity index (χ0n) is 14.4. The van der Waals surface area contributed by atoms with Crippen LogP contribution in [-0.2, 0) is 11.2 Å². The van der Waals surface area contributed by atoms with Crippen molar-refractivity contribution in [3.8, 4) is 5.75 Å². The summed E-state index contributed by atoms with van der Waals surface area (Å²) >= 11 is 1.46. The molecule has 26 heavy (non-hydrogen) atoms. The van der Waals surface area contributed by atoms with Crippen molar-refractivity contribution in [1.29, 1.82) is 0 Å². The Labute approximate surface area is 156 Å². The predicted octanol–water partition coefficient (Wildman–Crippen LogP) is 3.49. The Hall–Kier alpha value is -2.60. The van der Waals surface area contributed by atoms with Crippen LogP contribution in [-0.4, -0.2) is 35.0 Å². The smallest absolute Gasteiger partial charge is 0.226 e. The van der Waals surface area contributed by atoms with Gasteiger partial charge in [-0.1, -0.05) is 35.6 Å². The van der Waals surface area contributed by atoms with Crippen molar-refractivity contribution in [2.75, 3.05) is 18.8 Å². The maximum absolute atomic E-state index is 12.6. The Morgan fingerprint density at radius 1 is 1.19 bits per heavy atom. The van der Waals surface area contributed by atoms with Gasteiger partial charge in [0.15, 0.2) is 5.13 Å². The number of nitrogen functional groups attached to an aromatic ring is 1. The Morgan fingerprint density at radius 2 is 1.96 bits per heavy atom. The number of ether oxygens (including phenoxy) is 1.